The molecule has 1 aromatic carbocycles. The van der Waals surface area contributed by atoms with Crippen molar-refractivity contribution in [3.8, 4) is 0 Å². The highest BCUT2D eigenvalue weighted by Gasteiger charge is 2.21. The lowest BCUT2D eigenvalue weighted by Gasteiger charge is -2.02. The number of carbonyl (C=O) groups excluding carboxylic acids is 2. The van der Waals surface area contributed by atoms with Gasteiger partial charge in [-0.2, -0.15) is 0 Å². The average Bonchev–Trinajstić information content (AvgIpc) is 2.91. The molecule has 1 aromatic rings. The van der Waals surface area contributed by atoms with Gasteiger partial charge in [0.1, 0.15) is 0 Å². The molecule has 1 aliphatic heterocycles. The molecule has 0 radical (unpaired) electrons. The fourth-order valence-electron chi connectivity index (χ4n) is 1.69. The second kappa shape index (κ2) is 6.78. The van der Waals surface area contributed by atoms with Gasteiger partial charge < -0.3 is 0 Å². The molecule has 0 saturated carbocycles. The number of benzene rings is 1. The Morgan fingerprint density at radius 2 is 1.74 bits per heavy atom. The van der Waals surface area contributed by atoms with Crippen LogP contribution in [0.5, 0.6) is 0 Å². The predicted octanol–water partition coefficient (Wildman–Crippen LogP) is 3.55. The molecule has 1 aliphatic rings. The van der Waals surface area contributed by atoms with Gasteiger partial charge in [-0.1, -0.05) is 36.4 Å². The van der Waals surface area contributed by atoms with Gasteiger partial charge in [0.2, 0.25) is 0 Å². The minimum atomic E-state index is -0.201. The summed E-state index contributed by atoms with van der Waals surface area (Å²) < 4.78 is 0.871. The molecule has 0 bridgehead atoms. The predicted molar refractivity (Wildman–Crippen MR) is 83.1 cm³/mol. The van der Waals surface area contributed by atoms with Crippen molar-refractivity contribution in [2.24, 2.45) is 0 Å². The smallest absolute Gasteiger partial charge is 0.191 e. The van der Waals surface area contributed by atoms with Crippen molar-refractivity contribution in [3.63, 3.8) is 0 Å². The molecule has 0 N–H and O–H groups in total. The summed E-state index contributed by atoms with van der Waals surface area (Å²) in [6, 6.07) is 9.59. The van der Waals surface area contributed by atoms with E-state index in [1.165, 1.54) is 13.0 Å². The third kappa shape index (κ3) is 3.85. The third-order valence-electron chi connectivity index (χ3n) is 2.58. The summed E-state index contributed by atoms with van der Waals surface area (Å²) in [5, 5.41) is 0. The topological polar surface area (TPSA) is 34.1 Å². The fourth-order valence-corrected chi connectivity index (χ4v) is 4.34. The first-order chi connectivity index (χ1) is 9.18. The summed E-state index contributed by atoms with van der Waals surface area (Å²) in [7, 11) is 0. The Bertz CT molecular complexity index is 537. The van der Waals surface area contributed by atoms with Crippen molar-refractivity contribution < 1.29 is 9.59 Å². The highest BCUT2D eigenvalue weighted by atomic mass is 32.2. The SMILES string of the molecule is CC(=O)C(C(=O)/C=C/c1ccccc1)=C1SCCS1. The molecule has 1 saturated heterocycles. The molecule has 4 heteroatoms. The van der Waals surface area contributed by atoms with Crippen LogP contribution in [-0.4, -0.2) is 23.1 Å². The average molecular weight is 290 g/mol. The Morgan fingerprint density at radius 3 is 2.32 bits per heavy atom. The quantitative estimate of drug-likeness (QED) is 0.482. The zero-order chi connectivity index (χ0) is 13.7. The van der Waals surface area contributed by atoms with Crippen molar-refractivity contribution in [2.75, 3.05) is 11.5 Å². The normalized spacial score (nSPS) is 14.9. The van der Waals surface area contributed by atoms with E-state index in [4.69, 9.17) is 0 Å². The van der Waals surface area contributed by atoms with E-state index in [1.54, 1.807) is 29.6 Å². The van der Waals surface area contributed by atoms with Gasteiger partial charge in [-0.15, -0.1) is 23.5 Å². The molecule has 0 unspecified atom stereocenters. The minimum absolute atomic E-state index is 0.153. The van der Waals surface area contributed by atoms with Crippen molar-refractivity contribution >= 4 is 41.2 Å². The van der Waals surface area contributed by atoms with Gasteiger partial charge in [0.25, 0.3) is 0 Å². The van der Waals surface area contributed by atoms with Crippen LogP contribution in [0.15, 0.2) is 46.2 Å². The number of allylic oxidation sites excluding steroid dienone is 2. The Balaban J connectivity index is 2.20. The van der Waals surface area contributed by atoms with E-state index < -0.39 is 0 Å². The Kier molecular flexibility index (Phi) is 5.05. The van der Waals surface area contributed by atoms with Crippen LogP contribution in [0.4, 0.5) is 0 Å². The molecule has 0 aliphatic carbocycles. The van der Waals surface area contributed by atoms with Gasteiger partial charge in [0, 0.05) is 11.5 Å². The number of rotatable bonds is 4. The molecule has 19 heavy (non-hydrogen) atoms. The molecular weight excluding hydrogens is 276 g/mol. The monoisotopic (exact) mass is 290 g/mol. The van der Waals surface area contributed by atoms with Crippen LogP contribution in [-0.2, 0) is 9.59 Å². The van der Waals surface area contributed by atoms with E-state index in [1.807, 2.05) is 30.3 Å². The molecule has 0 spiro atoms. The summed E-state index contributed by atoms with van der Waals surface area (Å²) in [6.07, 6.45) is 3.23. The maximum atomic E-state index is 12.2. The molecule has 2 rings (SSSR count). The van der Waals surface area contributed by atoms with Crippen molar-refractivity contribution in [1.29, 1.82) is 0 Å². The first-order valence-electron chi connectivity index (χ1n) is 5.97. The number of carbonyl (C=O) groups is 2. The summed E-state index contributed by atoms with van der Waals surface area (Å²) in [4.78, 5) is 23.8. The number of hydrogen-bond acceptors (Lipinski definition) is 4. The Labute approximate surface area is 121 Å². The van der Waals surface area contributed by atoms with Gasteiger partial charge in [-0.05, 0) is 18.6 Å². The van der Waals surface area contributed by atoms with Crippen LogP contribution < -0.4 is 0 Å². The molecule has 98 valence electrons. The van der Waals surface area contributed by atoms with Crippen molar-refractivity contribution in [2.45, 2.75) is 6.92 Å². The van der Waals surface area contributed by atoms with E-state index in [2.05, 4.69) is 0 Å². The Hall–Kier alpha value is -1.26. The first-order valence-corrected chi connectivity index (χ1v) is 7.94. The second-order valence-electron chi connectivity index (χ2n) is 4.02. The summed E-state index contributed by atoms with van der Waals surface area (Å²) in [5.41, 5.74) is 1.29. The zero-order valence-electron chi connectivity index (χ0n) is 10.6. The van der Waals surface area contributed by atoms with Crippen LogP contribution in [0.3, 0.4) is 0 Å². The van der Waals surface area contributed by atoms with Crippen molar-refractivity contribution in [3.05, 3.63) is 51.8 Å². The van der Waals surface area contributed by atoms with Crippen LogP contribution in [0.2, 0.25) is 0 Å². The standard InChI is InChI=1S/C15H14O2S2/c1-11(16)14(15-18-9-10-19-15)13(17)8-7-12-5-3-2-4-6-12/h2-8H,9-10H2,1H3/b8-7+. The Morgan fingerprint density at radius 1 is 1.11 bits per heavy atom. The van der Waals surface area contributed by atoms with E-state index in [9.17, 15) is 9.59 Å². The molecule has 0 aromatic heterocycles. The fraction of sp³-hybridized carbons (Fsp3) is 0.200. The van der Waals surface area contributed by atoms with Gasteiger partial charge in [0.05, 0.1) is 9.81 Å². The third-order valence-corrected chi connectivity index (χ3v) is 5.29. The summed E-state index contributed by atoms with van der Waals surface area (Å²) >= 11 is 3.19. The largest absolute Gasteiger partial charge is 0.294 e. The van der Waals surface area contributed by atoms with Crippen molar-refractivity contribution in [1.82, 2.24) is 0 Å². The van der Waals surface area contributed by atoms with Crippen LogP contribution in [0, 0.1) is 0 Å². The molecule has 2 nitrogen and oxygen atoms in total. The van der Waals surface area contributed by atoms with E-state index in [0.717, 1.165) is 21.3 Å². The molecular formula is C15H14O2S2. The molecule has 0 amide bonds. The lowest BCUT2D eigenvalue weighted by Crippen LogP contribution is -2.08. The lowest BCUT2D eigenvalue weighted by atomic mass is 10.1. The molecule has 1 fully saturated rings. The maximum absolute atomic E-state index is 12.2. The van der Waals surface area contributed by atoms with Gasteiger partial charge in [-0.3, -0.25) is 9.59 Å². The maximum Gasteiger partial charge on any atom is 0.191 e. The first kappa shape index (κ1) is 14.2. The van der Waals surface area contributed by atoms with Crippen LogP contribution in [0.1, 0.15) is 12.5 Å². The van der Waals surface area contributed by atoms with E-state index >= 15 is 0 Å². The number of ketones is 2. The number of hydrogen-bond donors (Lipinski definition) is 0. The number of Topliss-reactive ketones (excluding diaryl/α,β-unsaturated/α-hetero) is 1. The van der Waals surface area contributed by atoms with Gasteiger partial charge in [-0.25, -0.2) is 0 Å². The summed E-state index contributed by atoms with van der Waals surface area (Å²) in [5.74, 6) is 1.58. The lowest BCUT2D eigenvalue weighted by molar-refractivity contribution is -0.118. The minimum Gasteiger partial charge on any atom is -0.294 e. The number of thioether (sulfide) groups is 2. The van der Waals surface area contributed by atoms with Gasteiger partial charge in [0.15, 0.2) is 11.6 Å². The van der Waals surface area contributed by atoms with Crippen LogP contribution in [0.25, 0.3) is 6.08 Å². The van der Waals surface area contributed by atoms with E-state index in [-0.39, 0.29) is 11.6 Å². The zero-order valence-corrected chi connectivity index (χ0v) is 12.2. The highest BCUT2D eigenvalue weighted by molar-refractivity contribution is 8.25. The summed E-state index contributed by atoms with van der Waals surface area (Å²) in [6.45, 7) is 1.45. The molecule has 0 atom stereocenters. The van der Waals surface area contributed by atoms with E-state index in [0.29, 0.717) is 5.57 Å². The molecule has 1 heterocycles. The van der Waals surface area contributed by atoms with Gasteiger partial charge >= 0.3 is 0 Å². The highest BCUT2D eigenvalue weighted by Crippen LogP contribution is 2.39. The second-order valence-corrected chi connectivity index (χ2v) is 6.49. The van der Waals surface area contributed by atoms with Crippen LogP contribution >= 0.6 is 23.5 Å².